The molecular formula is C12H20N4. The van der Waals surface area contributed by atoms with Gasteiger partial charge in [-0.3, -0.25) is 5.41 Å². The molecule has 88 valence electrons. The van der Waals surface area contributed by atoms with Crippen molar-refractivity contribution in [2.75, 3.05) is 13.1 Å². The minimum absolute atomic E-state index is 0.842. The van der Waals surface area contributed by atoms with Crippen LogP contribution in [0.15, 0.2) is 18.7 Å². The summed E-state index contributed by atoms with van der Waals surface area (Å²) in [7, 11) is 0. The molecule has 0 aromatic carbocycles. The Morgan fingerprint density at radius 2 is 2.12 bits per heavy atom. The minimum Gasteiger partial charge on any atom is -0.361 e. The van der Waals surface area contributed by atoms with Crippen LogP contribution in [-0.2, 0) is 6.54 Å². The van der Waals surface area contributed by atoms with Gasteiger partial charge in [0, 0.05) is 38.4 Å². The normalized spacial score (nSPS) is 16.8. The van der Waals surface area contributed by atoms with Crippen molar-refractivity contribution in [1.29, 1.82) is 5.41 Å². The van der Waals surface area contributed by atoms with E-state index < -0.39 is 0 Å². The summed E-state index contributed by atoms with van der Waals surface area (Å²) in [6, 6.07) is 0. The van der Waals surface area contributed by atoms with Crippen LogP contribution in [0.2, 0.25) is 0 Å². The van der Waals surface area contributed by atoms with Gasteiger partial charge in [-0.2, -0.15) is 0 Å². The van der Waals surface area contributed by atoms with Crippen molar-refractivity contribution in [3.8, 4) is 0 Å². The first kappa shape index (κ1) is 11.2. The van der Waals surface area contributed by atoms with Crippen molar-refractivity contribution in [2.45, 2.75) is 38.6 Å². The van der Waals surface area contributed by atoms with Crippen LogP contribution in [0.5, 0.6) is 0 Å². The maximum absolute atomic E-state index is 7.83. The molecule has 16 heavy (non-hydrogen) atoms. The standard InChI is InChI=1S/C12H20N4/c13-12-5-1-2-8-16(12)9-4-3-7-15-10-6-14-11-15/h6,10-11,13H,1-5,7-9H2. The fourth-order valence-electron chi connectivity index (χ4n) is 2.15. The number of unbranched alkanes of at least 4 members (excludes halogenated alkanes) is 1. The van der Waals surface area contributed by atoms with E-state index in [1.165, 1.54) is 25.7 Å². The average molecular weight is 220 g/mol. The smallest absolute Gasteiger partial charge is 0.0957 e. The summed E-state index contributed by atoms with van der Waals surface area (Å²) >= 11 is 0. The molecule has 0 aliphatic carbocycles. The number of rotatable bonds is 5. The molecule has 1 aliphatic heterocycles. The minimum atomic E-state index is 0.842. The molecule has 1 aliphatic rings. The maximum atomic E-state index is 7.83. The Morgan fingerprint density at radius 1 is 1.25 bits per heavy atom. The Labute approximate surface area is 96.8 Å². The lowest BCUT2D eigenvalue weighted by Gasteiger charge is -2.29. The second kappa shape index (κ2) is 5.68. The molecule has 0 radical (unpaired) electrons. The van der Waals surface area contributed by atoms with Crippen molar-refractivity contribution < 1.29 is 0 Å². The molecule has 0 spiro atoms. The van der Waals surface area contributed by atoms with E-state index in [-0.39, 0.29) is 0 Å². The van der Waals surface area contributed by atoms with Gasteiger partial charge in [0.15, 0.2) is 0 Å². The lowest BCUT2D eigenvalue weighted by molar-refractivity contribution is 0.354. The first-order valence-corrected chi connectivity index (χ1v) is 6.14. The van der Waals surface area contributed by atoms with Gasteiger partial charge in [-0.25, -0.2) is 4.98 Å². The van der Waals surface area contributed by atoms with Gasteiger partial charge in [0.05, 0.1) is 12.2 Å². The molecule has 0 atom stereocenters. The molecule has 1 aromatic heterocycles. The molecule has 0 saturated carbocycles. The number of nitrogens with one attached hydrogen (secondary N) is 1. The fourth-order valence-corrected chi connectivity index (χ4v) is 2.15. The number of hydrogen-bond donors (Lipinski definition) is 1. The molecule has 2 rings (SSSR count). The van der Waals surface area contributed by atoms with Gasteiger partial charge >= 0.3 is 0 Å². The summed E-state index contributed by atoms with van der Waals surface area (Å²) in [4.78, 5) is 6.25. The van der Waals surface area contributed by atoms with Gasteiger partial charge in [0.2, 0.25) is 0 Å². The van der Waals surface area contributed by atoms with E-state index in [1.54, 1.807) is 0 Å². The summed E-state index contributed by atoms with van der Waals surface area (Å²) in [6.07, 6.45) is 11.4. The largest absolute Gasteiger partial charge is 0.361 e. The number of aryl methyl sites for hydroxylation is 1. The zero-order valence-electron chi connectivity index (χ0n) is 9.73. The highest BCUT2D eigenvalue weighted by Gasteiger charge is 2.13. The zero-order valence-corrected chi connectivity index (χ0v) is 9.73. The van der Waals surface area contributed by atoms with Crippen LogP contribution >= 0.6 is 0 Å². The summed E-state index contributed by atoms with van der Waals surface area (Å²) in [5.74, 6) is 0.842. The van der Waals surface area contributed by atoms with E-state index >= 15 is 0 Å². The second-order valence-corrected chi connectivity index (χ2v) is 4.40. The third-order valence-electron chi connectivity index (χ3n) is 3.13. The van der Waals surface area contributed by atoms with E-state index in [2.05, 4.69) is 14.5 Å². The van der Waals surface area contributed by atoms with Crippen LogP contribution in [0.4, 0.5) is 0 Å². The zero-order chi connectivity index (χ0) is 11.2. The van der Waals surface area contributed by atoms with Gasteiger partial charge in [-0.1, -0.05) is 0 Å². The highest BCUT2D eigenvalue weighted by atomic mass is 15.2. The highest BCUT2D eigenvalue weighted by Crippen LogP contribution is 2.11. The maximum Gasteiger partial charge on any atom is 0.0957 e. The van der Waals surface area contributed by atoms with E-state index in [1.807, 2.05) is 18.7 Å². The van der Waals surface area contributed by atoms with Crippen molar-refractivity contribution in [3.05, 3.63) is 18.7 Å². The van der Waals surface area contributed by atoms with Gasteiger partial charge in [0.25, 0.3) is 0 Å². The molecule has 1 N–H and O–H groups in total. The van der Waals surface area contributed by atoms with Gasteiger partial charge in [-0.15, -0.1) is 0 Å². The molecule has 1 saturated heterocycles. The predicted octanol–water partition coefficient (Wildman–Crippen LogP) is 2.13. The first-order chi connectivity index (χ1) is 7.86. The third-order valence-corrected chi connectivity index (χ3v) is 3.13. The number of amidine groups is 1. The third kappa shape index (κ3) is 3.08. The SMILES string of the molecule is N=C1CCCCN1CCCCn1ccnc1. The molecule has 0 unspecified atom stereocenters. The highest BCUT2D eigenvalue weighted by molar-refractivity contribution is 5.79. The van der Waals surface area contributed by atoms with E-state index in [0.717, 1.165) is 31.9 Å². The second-order valence-electron chi connectivity index (χ2n) is 4.40. The molecule has 4 heteroatoms. The van der Waals surface area contributed by atoms with Crippen molar-refractivity contribution in [2.24, 2.45) is 0 Å². The number of aromatic nitrogens is 2. The van der Waals surface area contributed by atoms with Crippen molar-refractivity contribution >= 4 is 5.84 Å². The van der Waals surface area contributed by atoms with Gasteiger partial charge < -0.3 is 9.47 Å². The molecule has 1 fully saturated rings. The Hall–Kier alpha value is -1.32. The van der Waals surface area contributed by atoms with Crippen LogP contribution in [-0.4, -0.2) is 33.4 Å². The number of piperidine rings is 1. The van der Waals surface area contributed by atoms with Crippen LogP contribution in [0, 0.1) is 5.41 Å². The van der Waals surface area contributed by atoms with Crippen molar-refractivity contribution in [1.82, 2.24) is 14.5 Å². The number of likely N-dealkylation sites (tertiary alicyclic amines) is 1. The predicted molar refractivity (Wildman–Crippen MR) is 64.6 cm³/mol. The fraction of sp³-hybridized carbons (Fsp3) is 0.667. The van der Waals surface area contributed by atoms with Gasteiger partial charge in [-0.05, 0) is 25.7 Å². The van der Waals surface area contributed by atoms with Crippen LogP contribution in [0.3, 0.4) is 0 Å². The van der Waals surface area contributed by atoms with E-state index in [4.69, 9.17) is 5.41 Å². The van der Waals surface area contributed by atoms with Crippen LogP contribution in [0.1, 0.15) is 32.1 Å². The Bertz CT molecular complexity index is 318. The quantitative estimate of drug-likeness (QED) is 0.773. The summed E-state index contributed by atoms with van der Waals surface area (Å²) < 4.78 is 2.11. The van der Waals surface area contributed by atoms with Gasteiger partial charge in [0.1, 0.15) is 0 Å². The van der Waals surface area contributed by atoms with Crippen molar-refractivity contribution in [3.63, 3.8) is 0 Å². The summed E-state index contributed by atoms with van der Waals surface area (Å²) in [5.41, 5.74) is 0. The van der Waals surface area contributed by atoms with E-state index in [0.29, 0.717) is 0 Å². The molecule has 0 bridgehead atoms. The Morgan fingerprint density at radius 3 is 2.88 bits per heavy atom. The molecule has 1 aromatic rings. The van der Waals surface area contributed by atoms with Crippen LogP contribution in [0.25, 0.3) is 0 Å². The number of hydrogen-bond acceptors (Lipinski definition) is 2. The topological polar surface area (TPSA) is 44.9 Å². The molecule has 0 amide bonds. The van der Waals surface area contributed by atoms with E-state index in [9.17, 15) is 0 Å². The number of imidazole rings is 1. The molecular weight excluding hydrogens is 200 g/mol. The van der Waals surface area contributed by atoms with Crippen LogP contribution < -0.4 is 0 Å². The lowest BCUT2D eigenvalue weighted by Crippen LogP contribution is -2.35. The summed E-state index contributed by atoms with van der Waals surface area (Å²) in [6.45, 7) is 3.18. The molecule has 2 heterocycles. The monoisotopic (exact) mass is 220 g/mol. The average Bonchev–Trinajstić information content (AvgIpc) is 2.79. The Balaban J connectivity index is 1.62. The Kier molecular flexibility index (Phi) is 3.97. The molecule has 4 nitrogen and oxygen atoms in total. The first-order valence-electron chi connectivity index (χ1n) is 6.14. The summed E-state index contributed by atoms with van der Waals surface area (Å²) in [5, 5.41) is 7.83. The number of nitrogens with zero attached hydrogens (tertiary/aromatic N) is 3. The lowest BCUT2D eigenvalue weighted by atomic mass is 10.1.